The van der Waals surface area contributed by atoms with E-state index in [2.05, 4.69) is 35.4 Å². The van der Waals surface area contributed by atoms with Gasteiger partial charge in [-0.15, -0.1) is 11.8 Å². The van der Waals surface area contributed by atoms with Crippen LogP contribution in [0.25, 0.3) is 0 Å². The van der Waals surface area contributed by atoms with Gasteiger partial charge < -0.3 is 15.3 Å². The van der Waals surface area contributed by atoms with Crippen molar-refractivity contribution >= 4 is 11.8 Å². The van der Waals surface area contributed by atoms with Crippen LogP contribution in [0.5, 0.6) is 11.5 Å². The predicted octanol–water partition coefficient (Wildman–Crippen LogP) is 2.80. The van der Waals surface area contributed by atoms with E-state index in [4.69, 9.17) is 0 Å². The number of β-amino-alcohol motifs (C(OH)–C–C–N with tert-alkyl or cyclic N) is 1. The molecule has 1 aliphatic rings. The number of nitrogens with zero attached hydrogens (tertiary/aromatic N) is 1. The average molecular weight is 345 g/mol. The Morgan fingerprint density at radius 3 is 2.50 bits per heavy atom. The van der Waals surface area contributed by atoms with Crippen LogP contribution in [0.15, 0.2) is 41.3 Å². The second-order valence-corrected chi connectivity index (χ2v) is 7.02. The zero-order valence-electron chi connectivity index (χ0n) is 13.8. The number of hydrogen-bond donors (Lipinski definition) is 3. The number of hydrogen-bond acceptors (Lipinski definition) is 5. The average Bonchev–Trinajstić information content (AvgIpc) is 2.76. The van der Waals surface area contributed by atoms with Crippen molar-refractivity contribution in [2.24, 2.45) is 0 Å². The molecule has 0 saturated carbocycles. The topological polar surface area (TPSA) is 63.9 Å². The summed E-state index contributed by atoms with van der Waals surface area (Å²) in [5.74, 6) is -0.0348. The number of rotatable bonds is 4. The van der Waals surface area contributed by atoms with Gasteiger partial charge in [0.05, 0.1) is 6.61 Å². The molecule has 0 bridgehead atoms. The Kier molecular flexibility index (Phi) is 5.33. The van der Waals surface area contributed by atoms with Crippen LogP contribution in [0.2, 0.25) is 0 Å². The lowest BCUT2D eigenvalue weighted by Crippen LogP contribution is -2.31. The van der Waals surface area contributed by atoms with Crippen molar-refractivity contribution in [1.82, 2.24) is 4.90 Å². The Morgan fingerprint density at radius 2 is 1.83 bits per heavy atom. The van der Waals surface area contributed by atoms with Crippen LogP contribution in [-0.4, -0.2) is 52.7 Å². The molecular weight excluding hydrogens is 322 g/mol. The van der Waals surface area contributed by atoms with Gasteiger partial charge in [-0.25, -0.2) is 0 Å². The van der Waals surface area contributed by atoms with Crippen molar-refractivity contribution < 1.29 is 15.3 Å². The first kappa shape index (κ1) is 17.1. The van der Waals surface area contributed by atoms with Gasteiger partial charge in [0.25, 0.3) is 0 Å². The van der Waals surface area contributed by atoms with Crippen molar-refractivity contribution in [3.63, 3.8) is 0 Å². The lowest BCUT2D eigenvalue weighted by atomic mass is 9.87. The molecule has 3 rings (SSSR count). The Labute approximate surface area is 146 Å². The highest BCUT2D eigenvalue weighted by Gasteiger charge is 2.25. The third-order valence-corrected chi connectivity index (χ3v) is 5.43. The molecule has 4 nitrogen and oxygen atoms in total. The van der Waals surface area contributed by atoms with E-state index >= 15 is 0 Å². The highest BCUT2D eigenvalue weighted by molar-refractivity contribution is 7.98. The number of aliphatic hydroxyl groups excluding tert-OH is 1. The molecule has 1 aliphatic heterocycles. The van der Waals surface area contributed by atoms with Gasteiger partial charge in [0.1, 0.15) is 0 Å². The van der Waals surface area contributed by atoms with E-state index in [1.807, 2.05) is 0 Å². The number of phenolic OH excluding ortho intramolecular Hbond substituents is 2. The van der Waals surface area contributed by atoms with Gasteiger partial charge in [0, 0.05) is 30.4 Å². The fourth-order valence-corrected chi connectivity index (χ4v) is 3.78. The Balaban J connectivity index is 2.03. The van der Waals surface area contributed by atoms with Crippen LogP contribution in [0.3, 0.4) is 0 Å². The van der Waals surface area contributed by atoms with Crippen LogP contribution in [0.1, 0.15) is 22.6 Å². The summed E-state index contributed by atoms with van der Waals surface area (Å²) in [6, 6.07) is 11.9. The molecule has 0 fully saturated rings. The van der Waals surface area contributed by atoms with E-state index in [-0.39, 0.29) is 24.0 Å². The molecule has 0 saturated heterocycles. The van der Waals surface area contributed by atoms with Crippen molar-refractivity contribution in [2.75, 3.05) is 32.5 Å². The number of benzene rings is 2. The SMILES string of the molecule is CSc1ccc(C2CN(CCO)CCc3cc(O)c(O)cc32)cc1. The lowest BCUT2D eigenvalue weighted by molar-refractivity contribution is 0.197. The highest BCUT2D eigenvalue weighted by Crippen LogP contribution is 2.38. The molecule has 1 unspecified atom stereocenters. The van der Waals surface area contributed by atoms with Gasteiger partial charge in [-0.2, -0.15) is 0 Å². The van der Waals surface area contributed by atoms with Crippen LogP contribution in [-0.2, 0) is 6.42 Å². The molecule has 128 valence electrons. The lowest BCUT2D eigenvalue weighted by Gasteiger charge is -2.25. The summed E-state index contributed by atoms with van der Waals surface area (Å²) >= 11 is 1.71. The van der Waals surface area contributed by atoms with Gasteiger partial charge >= 0.3 is 0 Å². The van der Waals surface area contributed by atoms with E-state index in [1.165, 1.54) is 10.5 Å². The number of fused-ring (bicyclic) bond motifs is 1. The quantitative estimate of drug-likeness (QED) is 0.587. The van der Waals surface area contributed by atoms with E-state index < -0.39 is 0 Å². The minimum Gasteiger partial charge on any atom is -0.504 e. The van der Waals surface area contributed by atoms with E-state index in [1.54, 1.807) is 23.9 Å². The van der Waals surface area contributed by atoms with Crippen molar-refractivity contribution in [2.45, 2.75) is 17.2 Å². The summed E-state index contributed by atoms with van der Waals surface area (Å²) in [6.07, 6.45) is 2.85. The standard InChI is InChI=1S/C19H23NO3S/c1-24-15-4-2-13(3-5-15)17-12-20(8-9-21)7-6-14-10-18(22)19(23)11-16(14)17/h2-5,10-11,17,21-23H,6-9,12H2,1H3. The zero-order chi connectivity index (χ0) is 17.1. The minimum absolute atomic E-state index is 0.0687. The number of aliphatic hydroxyl groups is 1. The van der Waals surface area contributed by atoms with Crippen molar-refractivity contribution in [3.8, 4) is 11.5 Å². The number of phenols is 2. The molecule has 1 heterocycles. The fraction of sp³-hybridized carbons (Fsp3) is 0.368. The van der Waals surface area contributed by atoms with E-state index in [0.717, 1.165) is 30.6 Å². The van der Waals surface area contributed by atoms with Gasteiger partial charge in [0.15, 0.2) is 11.5 Å². The minimum atomic E-state index is -0.0740. The maximum Gasteiger partial charge on any atom is 0.157 e. The third-order valence-electron chi connectivity index (χ3n) is 4.68. The third kappa shape index (κ3) is 3.53. The van der Waals surface area contributed by atoms with Crippen LogP contribution in [0.4, 0.5) is 0 Å². The maximum absolute atomic E-state index is 9.98. The fourth-order valence-electron chi connectivity index (χ4n) is 3.37. The van der Waals surface area contributed by atoms with Crippen LogP contribution < -0.4 is 0 Å². The molecule has 3 N–H and O–H groups in total. The summed E-state index contributed by atoms with van der Waals surface area (Å²) in [6.45, 7) is 2.38. The summed E-state index contributed by atoms with van der Waals surface area (Å²) in [7, 11) is 0. The van der Waals surface area contributed by atoms with Crippen molar-refractivity contribution in [1.29, 1.82) is 0 Å². The summed E-state index contributed by atoms with van der Waals surface area (Å²) in [5, 5.41) is 29.1. The maximum atomic E-state index is 9.98. The van der Waals surface area contributed by atoms with Crippen LogP contribution >= 0.6 is 11.8 Å². The molecule has 2 aromatic rings. The molecule has 1 atom stereocenters. The molecule has 0 aromatic heterocycles. The van der Waals surface area contributed by atoms with Gasteiger partial charge in [0.2, 0.25) is 0 Å². The van der Waals surface area contributed by atoms with Gasteiger partial charge in [-0.05, 0) is 53.6 Å². The molecule has 0 radical (unpaired) electrons. The molecular formula is C19H23NO3S. The molecule has 2 aromatic carbocycles. The molecule has 0 amide bonds. The highest BCUT2D eigenvalue weighted by atomic mass is 32.2. The first-order valence-electron chi connectivity index (χ1n) is 8.14. The van der Waals surface area contributed by atoms with Gasteiger partial charge in [-0.1, -0.05) is 12.1 Å². The largest absolute Gasteiger partial charge is 0.504 e. The molecule has 24 heavy (non-hydrogen) atoms. The molecule has 0 spiro atoms. The first-order chi connectivity index (χ1) is 11.6. The second-order valence-electron chi connectivity index (χ2n) is 6.14. The number of thioether (sulfide) groups is 1. The second kappa shape index (κ2) is 7.47. The normalized spacial score (nSPS) is 18.2. The van der Waals surface area contributed by atoms with Gasteiger partial charge in [-0.3, -0.25) is 4.90 Å². The monoisotopic (exact) mass is 345 g/mol. The van der Waals surface area contributed by atoms with Crippen molar-refractivity contribution in [3.05, 3.63) is 53.1 Å². The summed E-state index contributed by atoms with van der Waals surface area (Å²) < 4.78 is 0. The Hall–Kier alpha value is -1.69. The molecule has 5 heteroatoms. The van der Waals surface area contributed by atoms with E-state index in [0.29, 0.717) is 6.54 Å². The zero-order valence-corrected chi connectivity index (χ0v) is 14.6. The van der Waals surface area contributed by atoms with Crippen LogP contribution in [0, 0.1) is 0 Å². The smallest absolute Gasteiger partial charge is 0.157 e. The first-order valence-corrected chi connectivity index (χ1v) is 9.36. The predicted molar refractivity (Wildman–Crippen MR) is 97.1 cm³/mol. The van der Waals surface area contributed by atoms with E-state index in [9.17, 15) is 15.3 Å². The number of aromatic hydroxyl groups is 2. The summed E-state index contributed by atoms with van der Waals surface area (Å²) in [4.78, 5) is 3.45. The Bertz CT molecular complexity index is 703. The molecule has 0 aliphatic carbocycles. The Morgan fingerprint density at radius 1 is 1.12 bits per heavy atom. The summed E-state index contributed by atoms with van der Waals surface area (Å²) in [5.41, 5.74) is 3.30.